The van der Waals surface area contributed by atoms with Crippen LogP contribution in [-0.2, 0) is 0 Å². The summed E-state index contributed by atoms with van der Waals surface area (Å²) >= 11 is 5.85. The largest absolute Gasteiger partial charge is 0.192 e. The molecule has 0 atom stereocenters. The number of nitriles is 1. The summed E-state index contributed by atoms with van der Waals surface area (Å²) < 4.78 is 0. The molecular weight excluding hydrogens is 194 g/mol. The van der Waals surface area contributed by atoms with Gasteiger partial charge in [0.2, 0.25) is 0 Å². The number of nitrogens with zero attached hydrogens (tertiary/aromatic N) is 1. The minimum Gasteiger partial charge on any atom is -0.192 e. The lowest BCUT2D eigenvalue weighted by Crippen LogP contribution is -1.83. The van der Waals surface area contributed by atoms with E-state index >= 15 is 0 Å². The zero-order valence-corrected chi connectivity index (χ0v) is 9.05. The van der Waals surface area contributed by atoms with E-state index in [-0.39, 0.29) is 0 Å². The molecule has 0 unspecified atom stereocenters. The van der Waals surface area contributed by atoms with Crippen molar-refractivity contribution < 1.29 is 0 Å². The predicted molar refractivity (Wildman–Crippen MR) is 60.0 cm³/mol. The molecule has 0 bridgehead atoms. The maximum atomic E-state index is 8.85. The van der Waals surface area contributed by atoms with Crippen LogP contribution in [0.15, 0.2) is 24.3 Å². The van der Waals surface area contributed by atoms with E-state index in [2.05, 4.69) is 19.9 Å². The van der Waals surface area contributed by atoms with Gasteiger partial charge in [0.25, 0.3) is 0 Å². The fraction of sp³-hybridized carbons (Fsp3) is 0.250. The normalized spacial score (nSPS) is 10.8. The van der Waals surface area contributed by atoms with Crippen molar-refractivity contribution in [1.29, 1.82) is 5.26 Å². The average Bonchev–Trinajstić information content (AvgIpc) is 2.15. The SMILES string of the molecule is CC(C)/C=C/c1cc(Cl)ccc1C#N. The third-order valence-electron chi connectivity index (χ3n) is 1.79. The van der Waals surface area contributed by atoms with Gasteiger partial charge in [-0.3, -0.25) is 0 Å². The van der Waals surface area contributed by atoms with Crippen LogP contribution < -0.4 is 0 Å². The molecule has 1 aromatic rings. The highest BCUT2D eigenvalue weighted by molar-refractivity contribution is 6.30. The first kappa shape index (κ1) is 10.8. The minimum atomic E-state index is 0.473. The first-order valence-corrected chi connectivity index (χ1v) is 4.89. The van der Waals surface area contributed by atoms with E-state index < -0.39 is 0 Å². The third-order valence-corrected chi connectivity index (χ3v) is 2.03. The number of benzene rings is 1. The molecule has 0 heterocycles. The molecule has 0 spiro atoms. The van der Waals surface area contributed by atoms with E-state index in [1.807, 2.05) is 12.2 Å². The van der Waals surface area contributed by atoms with Crippen LogP contribution in [0.3, 0.4) is 0 Å². The maximum Gasteiger partial charge on any atom is 0.0997 e. The molecule has 1 rings (SSSR count). The van der Waals surface area contributed by atoms with Crippen molar-refractivity contribution in [2.75, 3.05) is 0 Å². The molecule has 14 heavy (non-hydrogen) atoms. The summed E-state index contributed by atoms with van der Waals surface area (Å²) in [5, 5.41) is 9.51. The highest BCUT2D eigenvalue weighted by atomic mass is 35.5. The molecule has 0 fully saturated rings. The van der Waals surface area contributed by atoms with Crippen molar-refractivity contribution in [2.24, 2.45) is 5.92 Å². The van der Waals surface area contributed by atoms with Crippen LogP contribution >= 0.6 is 11.6 Å². The van der Waals surface area contributed by atoms with Gasteiger partial charge in [-0.15, -0.1) is 0 Å². The highest BCUT2D eigenvalue weighted by Crippen LogP contribution is 2.17. The van der Waals surface area contributed by atoms with Crippen LogP contribution in [0, 0.1) is 17.2 Å². The van der Waals surface area contributed by atoms with Crippen LogP contribution in [0.1, 0.15) is 25.0 Å². The fourth-order valence-corrected chi connectivity index (χ4v) is 1.25. The first-order chi connectivity index (χ1) is 6.63. The highest BCUT2D eigenvalue weighted by Gasteiger charge is 1.99. The second kappa shape index (κ2) is 4.83. The molecule has 72 valence electrons. The summed E-state index contributed by atoms with van der Waals surface area (Å²) in [4.78, 5) is 0. The minimum absolute atomic E-state index is 0.473. The Hall–Kier alpha value is -1.26. The third kappa shape index (κ3) is 2.90. The lowest BCUT2D eigenvalue weighted by atomic mass is 10.1. The zero-order chi connectivity index (χ0) is 10.6. The Morgan fingerprint density at radius 3 is 2.71 bits per heavy atom. The first-order valence-electron chi connectivity index (χ1n) is 4.51. The van der Waals surface area contributed by atoms with E-state index in [4.69, 9.17) is 16.9 Å². The van der Waals surface area contributed by atoms with Crippen LogP contribution in [-0.4, -0.2) is 0 Å². The molecule has 2 heteroatoms. The second-order valence-electron chi connectivity index (χ2n) is 3.45. The molecule has 0 amide bonds. The second-order valence-corrected chi connectivity index (χ2v) is 3.88. The maximum absolute atomic E-state index is 8.85. The molecule has 0 aliphatic carbocycles. The smallest absolute Gasteiger partial charge is 0.0997 e. The van der Waals surface area contributed by atoms with Crippen LogP contribution in [0.25, 0.3) is 6.08 Å². The summed E-state index contributed by atoms with van der Waals surface area (Å²) in [5.41, 5.74) is 1.54. The lowest BCUT2D eigenvalue weighted by Gasteiger charge is -1.99. The van der Waals surface area contributed by atoms with Gasteiger partial charge in [-0.05, 0) is 29.7 Å². The van der Waals surface area contributed by atoms with Gasteiger partial charge in [-0.1, -0.05) is 37.6 Å². The average molecular weight is 206 g/mol. The van der Waals surface area contributed by atoms with E-state index in [1.54, 1.807) is 18.2 Å². The molecule has 1 aromatic carbocycles. The topological polar surface area (TPSA) is 23.8 Å². The molecule has 0 saturated carbocycles. The Bertz CT molecular complexity index is 386. The molecule has 0 aromatic heterocycles. The monoisotopic (exact) mass is 205 g/mol. The van der Waals surface area contributed by atoms with Gasteiger partial charge >= 0.3 is 0 Å². The van der Waals surface area contributed by atoms with E-state index in [9.17, 15) is 0 Å². The van der Waals surface area contributed by atoms with Gasteiger partial charge in [0, 0.05) is 5.02 Å². The molecule has 0 radical (unpaired) electrons. The van der Waals surface area contributed by atoms with Crippen LogP contribution in [0.2, 0.25) is 5.02 Å². The van der Waals surface area contributed by atoms with Gasteiger partial charge in [-0.25, -0.2) is 0 Å². The number of rotatable bonds is 2. The summed E-state index contributed by atoms with van der Waals surface area (Å²) in [5.74, 6) is 0.473. The van der Waals surface area contributed by atoms with Crippen molar-refractivity contribution in [3.8, 4) is 6.07 Å². The van der Waals surface area contributed by atoms with Crippen molar-refractivity contribution in [2.45, 2.75) is 13.8 Å². The van der Waals surface area contributed by atoms with Crippen molar-refractivity contribution in [3.05, 3.63) is 40.4 Å². The van der Waals surface area contributed by atoms with Crippen LogP contribution in [0.4, 0.5) is 0 Å². The Morgan fingerprint density at radius 1 is 1.43 bits per heavy atom. The number of allylic oxidation sites excluding steroid dienone is 1. The number of halogens is 1. The fourth-order valence-electron chi connectivity index (χ4n) is 1.07. The summed E-state index contributed by atoms with van der Waals surface area (Å²) in [7, 11) is 0. The lowest BCUT2D eigenvalue weighted by molar-refractivity contribution is 0.836. The summed E-state index contributed by atoms with van der Waals surface area (Å²) in [6, 6.07) is 7.41. The van der Waals surface area contributed by atoms with Gasteiger partial charge in [0.05, 0.1) is 11.6 Å². The predicted octanol–water partition coefficient (Wildman–Crippen LogP) is 3.88. The number of hydrogen-bond acceptors (Lipinski definition) is 1. The molecule has 0 N–H and O–H groups in total. The van der Waals surface area contributed by atoms with Crippen molar-refractivity contribution in [3.63, 3.8) is 0 Å². The Kier molecular flexibility index (Phi) is 3.73. The Labute approximate surface area is 89.6 Å². The summed E-state index contributed by atoms with van der Waals surface area (Å²) in [6.07, 6.45) is 3.99. The van der Waals surface area contributed by atoms with E-state index in [1.165, 1.54) is 0 Å². The molecule has 1 nitrogen and oxygen atoms in total. The van der Waals surface area contributed by atoms with Crippen LogP contribution in [0.5, 0.6) is 0 Å². The zero-order valence-electron chi connectivity index (χ0n) is 8.29. The van der Waals surface area contributed by atoms with Crippen molar-refractivity contribution >= 4 is 17.7 Å². The quantitative estimate of drug-likeness (QED) is 0.719. The van der Waals surface area contributed by atoms with Gasteiger partial charge < -0.3 is 0 Å². The van der Waals surface area contributed by atoms with Gasteiger partial charge in [-0.2, -0.15) is 5.26 Å². The molecule has 0 aliphatic rings. The van der Waals surface area contributed by atoms with E-state index in [0.717, 1.165) is 5.56 Å². The van der Waals surface area contributed by atoms with Gasteiger partial charge in [0.1, 0.15) is 0 Å². The number of hydrogen-bond donors (Lipinski definition) is 0. The summed E-state index contributed by atoms with van der Waals surface area (Å²) in [6.45, 7) is 4.18. The molecule has 0 saturated heterocycles. The molecular formula is C12H12ClN. The van der Waals surface area contributed by atoms with Crippen molar-refractivity contribution in [1.82, 2.24) is 0 Å². The Morgan fingerprint density at radius 2 is 2.14 bits per heavy atom. The Balaban J connectivity index is 3.06. The van der Waals surface area contributed by atoms with E-state index in [0.29, 0.717) is 16.5 Å². The van der Waals surface area contributed by atoms with Gasteiger partial charge in [0.15, 0.2) is 0 Å². The standard InChI is InChI=1S/C12H12ClN/c1-9(2)3-4-10-7-12(13)6-5-11(10)8-14/h3-7,9H,1-2H3/b4-3+. The molecule has 0 aliphatic heterocycles.